The lowest BCUT2D eigenvalue weighted by atomic mass is 10.1. The molecule has 1 aromatic carbocycles. The van der Waals surface area contributed by atoms with Crippen molar-refractivity contribution in [2.75, 3.05) is 0 Å². The van der Waals surface area contributed by atoms with Gasteiger partial charge in [0.1, 0.15) is 11.3 Å². The zero-order chi connectivity index (χ0) is 18.0. The maximum Gasteiger partial charge on any atom is 0.257 e. The van der Waals surface area contributed by atoms with Crippen molar-refractivity contribution in [3.8, 4) is 0 Å². The molecule has 0 bridgehead atoms. The van der Waals surface area contributed by atoms with Crippen LogP contribution in [0.5, 0.6) is 0 Å². The van der Waals surface area contributed by atoms with Crippen molar-refractivity contribution in [1.29, 1.82) is 0 Å². The topological polar surface area (TPSA) is 73.0 Å². The lowest BCUT2D eigenvalue weighted by molar-refractivity contribution is 0.0949. The van der Waals surface area contributed by atoms with Gasteiger partial charge in [-0.15, -0.1) is 0 Å². The average Bonchev–Trinajstić information content (AvgIpc) is 3.07. The molecule has 0 atom stereocenters. The molecular weight excluding hydrogens is 316 g/mol. The van der Waals surface area contributed by atoms with Gasteiger partial charge in [-0.3, -0.25) is 9.48 Å². The Bertz CT molecular complexity index is 889. The first-order valence-corrected chi connectivity index (χ1v) is 8.24. The minimum Gasteiger partial charge on any atom is -0.361 e. The summed E-state index contributed by atoms with van der Waals surface area (Å²) in [5.41, 5.74) is 5.46. The first-order valence-electron chi connectivity index (χ1n) is 8.24. The number of rotatable bonds is 5. The predicted molar refractivity (Wildman–Crippen MR) is 94.4 cm³/mol. The zero-order valence-corrected chi connectivity index (χ0v) is 15.0. The van der Waals surface area contributed by atoms with Crippen LogP contribution in [0.4, 0.5) is 0 Å². The van der Waals surface area contributed by atoms with Gasteiger partial charge in [-0.05, 0) is 44.9 Å². The third-order valence-electron chi connectivity index (χ3n) is 4.14. The number of carbonyl (C=O) groups excluding carboxylic acids is 1. The molecule has 0 aliphatic carbocycles. The lowest BCUT2D eigenvalue weighted by Gasteiger charge is -2.09. The fourth-order valence-electron chi connectivity index (χ4n) is 2.92. The summed E-state index contributed by atoms with van der Waals surface area (Å²) < 4.78 is 7.03. The van der Waals surface area contributed by atoms with E-state index < -0.39 is 0 Å². The van der Waals surface area contributed by atoms with Crippen LogP contribution in [0.1, 0.15) is 44.3 Å². The largest absolute Gasteiger partial charge is 0.361 e. The second kappa shape index (κ2) is 6.93. The van der Waals surface area contributed by atoms with E-state index in [1.54, 1.807) is 13.8 Å². The average molecular weight is 338 g/mol. The van der Waals surface area contributed by atoms with Crippen LogP contribution in [0.25, 0.3) is 0 Å². The molecular formula is C19H22N4O2. The Morgan fingerprint density at radius 2 is 1.92 bits per heavy atom. The molecule has 0 radical (unpaired) electrons. The Labute approximate surface area is 146 Å². The molecule has 6 heteroatoms. The molecule has 3 aromatic rings. The van der Waals surface area contributed by atoms with Crippen LogP contribution in [0.15, 0.2) is 34.9 Å². The fourth-order valence-corrected chi connectivity index (χ4v) is 2.92. The van der Waals surface area contributed by atoms with Crippen molar-refractivity contribution >= 4 is 5.91 Å². The third-order valence-corrected chi connectivity index (χ3v) is 4.14. The Hall–Kier alpha value is -2.89. The van der Waals surface area contributed by atoms with E-state index in [1.165, 1.54) is 0 Å². The van der Waals surface area contributed by atoms with Gasteiger partial charge >= 0.3 is 0 Å². The van der Waals surface area contributed by atoms with Crippen molar-refractivity contribution in [2.24, 2.45) is 0 Å². The highest BCUT2D eigenvalue weighted by molar-refractivity contribution is 5.96. The van der Waals surface area contributed by atoms with Gasteiger partial charge in [-0.1, -0.05) is 29.4 Å². The molecule has 3 rings (SSSR count). The highest BCUT2D eigenvalue weighted by atomic mass is 16.5. The summed E-state index contributed by atoms with van der Waals surface area (Å²) in [4.78, 5) is 12.3. The van der Waals surface area contributed by atoms with Crippen molar-refractivity contribution in [1.82, 2.24) is 20.3 Å². The van der Waals surface area contributed by atoms with Crippen LogP contribution >= 0.6 is 0 Å². The van der Waals surface area contributed by atoms with Crippen LogP contribution in [-0.4, -0.2) is 20.8 Å². The maximum absolute atomic E-state index is 12.3. The highest BCUT2D eigenvalue weighted by Crippen LogP contribution is 2.13. The van der Waals surface area contributed by atoms with Crippen molar-refractivity contribution in [3.63, 3.8) is 0 Å². The second-order valence-corrected chi connectivity index (χ2v) is 6.29. The first-order chi connectivity index (χ1) is 11.9. The van der Waals surface area contributed by atoms with Crippen LogP contribution in [0, 0.1) is 27.7 Å². The number of carbonyl (C=O) groups is 1. The molecule has 130 valence electrons. The summed E-state index contributed by atoms with van der Waals surface area (Å²) in [6.07, 6.45) is 0. The highest BCUT2D eigenvalue weighted by Gasteiger charge is 2.16. The van der Waals surface area contributed by atoms with E-state index >= 15 is 0 Å². The third kappa shape index (κ3) is 3.79. The molecule has 0 spiro atoms. The molecule has 2 aromatic heterocycles. The van der Waals surface area contributed by atoms with Gasteiger partial charge in [0.05, 0.1) is 17.9 Å². The van der Waals surface area contributed by atoms with E-state index in [0.29, 0.717) is 30.1 Å². The SMILES string of the molecule is Cc1cc(C)n(Cc2cccc(CNC(=O)c3c(C)noc3C)c2)n1. The van der Waals surface area contributed by atoms with Crippen molar-refractivity contribution < 1.29 is 9.32 Å². The number of amides is 1. The van der Waals surface area contributed by atoms with E-state index in [-0.39, 0.29) is 5.91 Å². The maximum atomic E-state index is 12.3. The number of aromatic nitrogens is 3. The first kappa shape index (κ1) is 17.0. The molecule has 0 saturated carbocycles. The van der Waals surface area contributed by atoms with E-state index in [2.05, 4.69) is 33.8 Å². The predicted octanol–water partition coefficient (Wildman–Crippen LogP) is 3.08. The number of benzene rings is 1. The summed E-state index contributed by atoms with van der Waals surface area (Å²) in [6, 6.07) is 10.2. The van der Waals surface area contributed by atoms with Gasteiger partial charge in [0.2, 0.25) is 0 Å². The molecule has 2 heterocycles. The van der Waals surface area contributed by atoms with E-state index in [4.69, 9.17) is 4.52 Å². The molecule has 25 heavy (non-hydrogen) atoms. The molecule has 1 amide bonds. The molecule has 6 nitrogen and oxygen atoms in total. The van der Waals surface area contributed by atoms with E-state index in [0.717, 1.165) is 22.5 Å². The van der Waals surface area contributed by atoms with Gasteiger partial charge < -0.3 is 9.84 Å². The molecule has 0 aliphatic heterocycles. The summed E-state index contributed by atoms with van der Waals surface area (Å²) in [5, 5.41) is 11.2. The molecule has 0 aliphatic rings. The van der Waals surface area contributed by atoms with Gasteiger partial charge in [-0.2, -0.15) is 5.10 Å². The monoisotopic (exact) mass is 338 g/mol. The lowest BCUT2D eigenvalue weighted by Crippen LogP contribution is -2.23. The second-order valence-electron chi connectivity index (χ2n) is 6.29. The van der Waals surface area contributed by atoms with Crippen molar-refractivity contribution in [2.45, 2.75) is 40.8 Å². The quantitative estimate of drug-likeness (QED) is 0.776. The van der Waals surface area contributed by atoms with Crippen LogP contribution in [0.2, 0.25) is 0 Å². The Morgan fingerprint density at radius 3 is 2.56 bits per heavy atom. The fraction of sp³-hybridized carbons (Fsp3) is 0.316. The Kier molecular flexibility index (Phi) is 4.70. The summed E-state index contributed by atoms with van der Waals surface area (Å²) in [5.74, 6) is 0.369. The number of nitrogens with one attached hydrogen (secondary N) is 1. The number of hydrogen-bond acceptors (Lipinski definition) is 4. The van der Waals surface area contributed by atoms with E-state index in [1.807, 2.05) is 30.7 Å². The Morgan fingerprint density at radius 1 is 1.16 bits per heavy atom. The number of hydrogen-bond donors (Lipinski definition) is 1. The van der Waals surface area contributed by atoms with Crippen LogP contribution < -0.4 is 5.32 Å². The van der Waals surface area contributed by atoms with Gasteiger partial charge in [0.15, 0.2) is 0 Å². The molecule has 0 unspecified atom stereocenters. The standard InChI is InChI=1S/C19H22N4O2/c1-12-8-13(2)23(21-12)11-17-7-5-6-16(9-17)10-20-19(24)18-14(3)22-25-15(18)4/h5-9H,10-11H2,1-4H3,(H,20,24). The van der Waals surface area contributed by atoms with Crippen molar-refractivity contribution in [3.05, 3.63) is 69.9 Å². The Balaban J connectivity index is 1.68. The van der Waals surface area contributed by atoms with Gasteiger partial charge in [0, 0.05) is 12.2 Å². The number of aryl methyl sites for hydroxylation is 4. The smallest absolute Gasteiger partial charge is 0.257 e. The minimum absolute atomic E-state index is 0.166. The normalized spacial score (nSPS) is 10.9. The molecule has 0 fully saturated rings. The van der Waals surface area contributed by atoms with Crippen LogP contribution in [-0.2, 0) is 13.1 Å². The van der Waals surface area contributed by atoms with Crippen LogP contribution in [0.3, 0.4) is 0 Å². The zero-order valence-electron chi connectivity index (χ0n) is 15.0. The number of nitrogens with zero attached hydrogens (tertiary/aromatic N) is 3. The summed E-state index contributed by atoms with van der Waals surface area (Å²) in [7, 11) is 0. The van der Waals surface area contributed by atoms with E-state index in [9.17, 15) is 4.79 Å². The minimum atomic E-state index is -0.166. The van der Waals surface area contributed by atoms with Gasteiger partial charge in [0.25, 0.3) is 5.91 Å². The summed E-state index contributed by atoms with van der Waals surface area (Å²) >= 11 is 0. The summed E-state index contributed by atoms with van der Waals surface area (Å²) in [6.45, 7) is 8.71. The molecule has 1 N–H and O–H groups in total. The van der Waals surface area contributed by atoms with Gasteiger partial charge in [-0.25, -0.2) is 0 Å². The molecule has 0 saturated heterocycles.